The highest BCUT2D eigenvalue weighted by atomic mass is 32.1. The molecule has 1 N–H and O–H groups in total. The SMILES string of the molecule is CC(C)Cc1csc(C2(C(=O)O)COC2)n1. The molecule has 4 nitrogen and oxygen atoms in total. The zero-order chi connectivity index (χ0) is 11.8. The lowest BCUT2D eigenvalue weighted by molar-refractivity contribution is -0.163. The van der Waals surface area contributed by atoms with Crippen LogP contribution in [0.2, 0.25) is 0 Å². The molecule has 0 aliphatic carbocycles. The highest BCUT2D eigenvalue weighted by molar-refractivity contribution is 7.10. The van der Waals surface area contributed by atoms with Crippen molar-refractivity contribution in [3.8, 4) is 0 Å². The van der Waals surface area contributed by atoms with Crippen molar-refractivity contribution < 1.29 is 14.6 Å². The number of hydrogen-bond donors (Lipinski definition) is 1. The first-order valence-corrected chi connectivity index (χ1v) is 6.18. The summed E-state index contributed by atoms with van der Waals surface area (Å²) in [6.07, 6.45) is 0.896. The number of aromatic nitrogens is 1. The van der Waals surface area contributed by atoms with Crippen LogP contribution in [0.4, 0.5) is 0 Å². The van der Waals surface area contributed by atoms with E-state index in [1.54, 1.807) is 0 Å². The summed E-state index contributed by atoms with van der Waals surface area (Å²) in [7, 11) is 0. The van der Waals surface area contributed by atoms with E-state index in [9.17, 15) is 9.90 Å². The summed E-state index contributed by atoms with van der Waals surface area (Å²) in [5.41, 5.74) is 0.113. The molecule has 5 heteroatoms. The molecule has 1 aliphatic rings. The van der Waals surface area contributed by atoms with E-state index in [4.69, 9.17) is 4.74 Å². The number of ether oxygens (including phenoxy) is 1. The molecule has 0 atom stereocenters. The van der Waals surface area contributed by atoms with Crippen molar-refractivity contribution in [1.29, 1.82) is 0 Å². The predicted octanol–water partition coefficient (Wildman–Crippen LogP) is 1.69. The van der Waals surface area contributed by atoms with Crippen molar-refractivity contribution >= 4 is 17.3 Å². The Balaban J connectivity index is 2.20. The first-order chi connectivity index (χ1) is 7.54. The Labute approximate surface area is 98.3 Å². The number of carboxylic acid groups (broad SMARTS) is 1. The van der Waals surface area contributed by atoms with Gasteiger partial charge in [0.1, 0.15) is 5.01 Å². The molecule has 0 amide bonds. The summed E-state index contributed by atoms with van der Waals surface area (Å²) < 4.78 is 5.03. The Kier molecular flexibility index (Phi) is 2.99. The standard InChI is InChI=1S/C11H15NO3S/c1-7(2)3-8-4-16-9(12-8)11(10(13)14)5-15-6-11/h4,7H,3,5-6H2,1-2H3,(H,13,14). The van der Waals surface area contributed by atoms with Gasteiger partial charge in [0.05, 0.1) is 18.9 Å². The molecule has 0 aromatic carbocycles. The van der Waals surface area contributed by atoms with Crippen LogP contribution in [0.1, 0.15) is 24.5 Å². The van der Waals surface area contributed by atoms with Crippen LogP contribution < -0.4 is 0 Å². The van der Waals surface area contributed by atoms with Gasteiger partial charge in [-0.25, -0.2) is 4.98 Å². The van der Waals surface area contributed by atoms with Gasteiger partial charge in [0.2, 0.25) is 0 Å². The quantitative estimate of drug-likeness (QED) is 0.871. The lowest BCUT2D eigenvalue weighted by Gasteiger charge is -2.35. The Morgan fingerprint density at radius 2 is 2.38 bits per heavy atom. The molecule has 0 unspecified atom stereocenters. The van der Waals surface area contributed by atoms with E-state index in [1.807, 2.05) is 5.38 Å². The lowest BCUT2D eigenvalue weighted by atomic mass is 9.87. The molecular formula is C11H15NO3S. The summed E-state index contributed by atoms with van der Waals surface area (Å²) in [5.74, 6) is -0.294. The summed E-state index contributed by atoms with van der Waals surface area (Å²) in [6.45, 7) is 4.74. The zero-order valence-corrected chi connectivity index (χ0v) is 10.2. The van der Waals surface area contributed by atoms with Gasteiger partial charge in [0.25, 0.3) is 0 Å². The number of hydrogen-bond acceptors (Lipinski definition) is 4. The van der Waals surface area contributed by atoms with Crippen molar-refractivity contribution in [1.82, 2.24) is 4.98 Å². The van der Waals surface area contributed by atoms with Gasteiger partial charge in [0.15, 0.2) is 5.41 Å². The molecule has 1 aromatic rings. The maximum Gasteiger partial charge on any atom is 0.321 e. The summed E-state index contributed by atoms with van der Waals surface area (Å²) in [4.78, 5) is 15.6. The molecule has 1 saturated heterocycles. The first kappa shape index (κ1) is 11.5. The molecule has 1 aromatic heterocycles. The largest absolute Gasteiger partial charge is 0.480 e. The summed E-state index contributed by atoms with van der Waals surface area (Å²) in [6, 6.07) is 0. The molecule has 88 valence electrons. The second-order valence-electron chi connectivity index (χ2n) is 4.62. The van der Waals surface area contributed by atoms with Gasteiger partial charge in [-0.2, -0.15) is 0 Å². The van der Waals surface area contributed by atoms with E-state index in [2.05, 4.69) is 18.8 Å². The lowest BCUT2D eigenvalue weighted by Crippen LogP contribution is -2.53. The van der Waals surface area contributed by atoms with E-state index in [-0.39, 0.29) is 13.2 Å². The Bertz CT molecular complexity index is 396. The van der Waals surface area contributed by atoms with Crippen LogP contribution in [-0.2, 0) is 21.4 Å². The van der Waals surface area contributed by atoms with E-state index in [0.29, 0.717) is 10.9 Å². The number of thiazole rings is 1. The van der Waals surface area contributed by atoms with E-state index in [0.717, 1.165) is 12.1 Å². The maximum absolute atomic E-state index is 11.2. The van der Waals surface area contributed by atoms with Gasteiger partial charge in [0, 0.05) is 5.38 Å². The second kappa shape index (κ2) is 4.14. The molecule has 0 bridgehead atoms. The molecular weight excluding hydrogens is 226 g/mol. The molecule has 0 radical (unpaired) electrons. The van der Waals surface area contributed by atoms with Crippen LogP contribution in [0.25, 0.3) is 0 Å². The highest BCUT2D eigenvalue weighted by Crippen LogP contribution is 2.35. The van der Waals surface area contributed by atoms with Crippen molar-refractivity contribution in [2.45, 2.75) is 25.7 Å². The van der Waals surface area contributed by atoms with E-state index in [1.165, 1.54) is 11.3 Å². The monoisotopic (exact) mass is 241 g/mol. The minimum atomic E-state index is -0.875. The van der Waals surface area contributed by atoms with Crippen LogP contribution in [0.5, 0.6) is 0 Å². The van der Waals surface area contributed by atoms with Gasteiger partial charge in [-0.15, -0.1) is 11.3 Å². The van der Waals surface area contributed by atoms with Gasteiger partial charge >= 0.3 is 5.97 Å². The van der Waals surface area contributed by atoms with Gasteiger partial charge in [-0.3, -0.25) is 4.79 Å². The van der Waals surface area contributed by atoms with Crippen molar-refractivity contribution in [2.75, 3.05) is 13.2 Å². The Morgan fingerprint density at radius 3 is 2.81 bits per heavy atom. The van der Waals surface area contributed by atoms with Crippen molar-refractivity contribution in [3.05, 3.63) is 16.1 Å². The first-order valence-electron chi connectivity index (χ1n) is 5.30. The second-order valence-corrected chi connectivity index (χ2v) is 5.48. The fourth-order valence-electron chi connectivity index (χ4n) is 1.68. The van der Waals surface area contributed by atoms with Crippen LogP contribution in [0, 0.1) is 5.92 Å². The molecule has 2 heterocycles. The minimum absolute atomic E-state index is 0.247. The highest BCUT2D eigenvalue weighted by Gasteiger charge is 2.50. The van der Waals surface area contributed by atoms with Crippen molar-refractivity contribution in [2.24, 2.45) is 5.92 Å². The summed E-state index contributed by atoms with van der Waals surface area (Å²) >= 11 is 1.43. The van der Waals surface area contributed by atoms with Crippen LogP contribution in [0.15, 0.2) is 5.38 Å². The van der Waals surface area contributed by atoms with Crippen LogP contribution in [0.3, 0.4) is 0 Å². The average molecular weight is 241 g/mol. The Hall–Kier alpha value is -0.940. The maximum atomic E-state index is 11.2. The molecule has 0 spiro atoms. The summed E-state index contributed by atoms with van der Waals surface area (Å²) in [5, 5.41) is 11.9. The number of carboxylic acids is 1. The molecule has 1 aliphatic heterocycles. The van der Waals surface area contributed by atoms with E-state index < -0.39 is 11.4 Å². The third kappa shape index (κ3) is 1.85. The zero-order valence-electron chi connectivity index (χ0n) is 9.40. The third-order valence-electron chi connectivity index (χ3n) is 2.68. The van der Waals surface area contributed by atoms with Gasteiger partial charge in [-0.1, -0.05) is 13.8 Å². The van der Waals surface area contributed by atoms with Gasteiger partial charge in [-0.05, 0) is 12.3 Å². The third-order valence-corrected chi connectivity index (χ3v) is 3.78. The van der Waals surface area contributed by atoms with Gasteiger partial charge < -0.3 is 9.84 Å². The number of aliphatic carboxylic acids is 1. The smallest absolute Gasteiger partial charge is 0.321 e. The fourth-order valence-corrected chi connectivity index (χ4v) is 2.68. The molecule has 2 rings (SSSR count). The van der Waals surface area contributed by atoms with E-state index >= 15 is 0 Å². The number of carbonyl (C=O) groups is 1. The average Bonchev–Trinajstić information content (AvgIpc) is 2.49. The predicted molar refractivity (Wildman–Crippen MR) is 60.8 cm³/mol. The number of rotatable bonds is 4. The normalized spacial score (nSPS) is 18.4. The van der Waals surface area contributed by atoms with Crippen LogP contribution >= 0.6 is 11.3 Å². The fraction of sp³-hybridized carbons (Fsp3) is 0.636. The van der Waals surface area contributed by atoms with Crippen molar-refractivity contribution in [3.63, 3.8) is 0 Å². The van der Waals surface area contributed by atoms with Crippen LogP contribution in [-0.4, -0.2) is 29.3 Å². The molecule has 16 heavy (non-hydrogen) atoms. The topological polar surface area (TPSA) is 59.4 Å². The number of nitrogens with zero attached hydrogens (tertiary/aromatic N) is 1. The Morgan fingerprint density at radius 1 is 1.69 bits per heavy atom. The molecule has 1 fully saturated rings. The molecule has 0 saturated carbocycles. The minimum Gasteiger partial charge on any atom is -0.480 e.